The molecular weight excluding hydrogens is 400 g/mol. The van der Waals surface area contributed by atoms with Gasteiger partial charge in [-0.25, -0.2) is 9.78 Å². The summed E-state index contributed by atoms with van der Waals surface area (Å²) in [5.74, 6) is 0.885. The van der Waals surface area contributed by atoms with E-state index in [1.54, 1.807) is 4.90 Å². The predicted molar refractivity (Wildman–Crippen MR) is 132 cm³/mol. The summed E-state index contributed by atoms with van der Waals surface area (Å²) in [5.41, 5.74) is 15.6. The van der Waals surface area contributed by atoms with E-state index in [0.717, 1.165) is 59.3 Å². The highest BCUT2D eigenvalue weighted by Gasteiger charge is 2.30. The first-order valence-electron chi connectivity index (χ1n) is 11.2. The van der Waals surface area contributed by atoms with Crippen LogP contribution in [0.3, 0.4) is 0 Å². The maximum atomic E-state index is 12.3. The van der Waals surface area contributed by atoms with Crippen molar-refractivity contribution in [2.24, 2.45) is 11.5 Å². The number of nitrogens with one attached hydrogen (secondary N) is 1. The van der Waals surface area contributed by atoms with Gasteiger partial charge in [0.2, 0.25) is 0 Å². The molecular formula is C25H32N6O. The number of para-hydroxylation sites is 2. The predicted octanol–water partition coefficient (Wildman–Crippen LogP) is 4.07. The number of rotatable bonds is 6. The molecule has 0 bridgehead atoms. The van der Waals surface area contributed by atoms with Gasteiger partial charge in [-0.3, -0.25) is 4.90 Å². The second-order valence-electron chi connectivity index (χ2n) is 8.63. The number of nitrogens with two attached hydrogens (primary N) is 2. The Morgan fingerprint density at radius 1 is 1.03 bits per heavy atom. The summed E-state index contributed by atoms with van der Waals surface area (Å²) in [6.45, 7) is 0.374. The van der Waals surface area contributed by atoms with Gasteiger partial charge >= 0.3 is 6.03 Å². The van der Waals surface area contributed by atoms with E-state index in [1.165, 1.54) is 0 Å². The third-order valence-corrected chi connectivity index (χ3v) is 6.30. The lowest BCUT2D eigenvalue weighted by Crippen LogP contribution is -2.47. The number of urea groups is 1. The van der Waals surface area contributed by atoms with Crippen LogP contribution in [0.2, 0.25) is 0 Å². The lowest BCUT2D eigenvalue weighted by Gasteiger charge is -2.37. The number of nitrogens with zero attached hydrogens (tertiary/aromatic N) is 3. The molecule has 1 heterocycles. The molecule has 5 N–H and O–H groups in total. The van der Waals surface area contributed by atoms with Crippen LogP contribution in [0, 0.1) is 0 Å². The number of pyridine rings is 1. The number of carbonyl (C=O) groups is 1. The third-order valence-electron chi connectivity index (χ3n) is 6.30. The molecule has 4 rings (SSSR count). The molecule has 2 aromatic carbocycles. The fraction of sp³-hybridized carbons (Fsp3) is 0.360. The van der Waals surface area contributed by atoms with Gasteiger partial charge in [-0.15, -0.1) is 0 Å². The van der Waals surface area contributed by atoms with E-state index >= 15 is 0 Å². The van der Waals surface area contributed by atoms with Gasteiger partial charge in [-0.1, -0.05) is 36.4 Å². The normalized spacial score (nSPS) is 18.3. The summed E-state index contributed by atoms with van der Waals surface area (Å²) >= 11 is 0. The first-order valence-corrected chi connectivity index (χ1v) is 11.2. The van der Waals surface area contributed by atoms with Crippen LogP contribution in [0.5, 0.6) is 0 Å². The highest BCUT2D eigenvalue weighted by Crippen LogP contribution is 2.32. The van der Waals surface area contributed by atoms with Gasteiger partial charge < -0.3 is 21.7 Å². The lowest BCUT2D eigenvalue weighted by atomic mass is 9.89. The Kier molecular flexibility index (Phi) is 6.46. The second kappa shape index (κ2) is 9.44. The minimum Gasteiger partial charge on any atom is -0.377 e. The minimum absolute atomic E-state index is 0.0696. The lowest BCUT2D eigenvalue weighted by molar-refractivity contribution is 0.248. The number of carbonyl (C=O) groups excluding carboxylic acids is 1. The van der Waals surface area contributed by atoms with Crippen molar-refractivity contribution in [3.05, 3.63) is 60.2 Å². The molecule has 32 heavy (non-hydrogen) atoms. The van der Waals surface area contributed by atoms with E-state index in [1.807, 2.05) is 56.6 Å². The molecule has 1 saturated carbocycles. The minimum atomic E-state index is -0.422. The average Bonchev–Trinajstić information content (AvgIpc) is 2.80. The fourth-order valence-corrected chi connectivity index (χ4v) is 4.70. The molecule has 0 aliphatic heterocycles. The van der Waals surface area contributed by atoms with Crippen molar-refractivity contribution in [3.8, 4) is 0 Å². The Morgan fingerprint density at radius 3 is 2.41 bits per heavy atom. The van der Waals surface area contributed by atoms with E-state index in [0.29, 0.717) is 12.6 Å². The van der Waals surface area contributed by atoms with Gasteiger partial charge in [-0.2, -0.15) is 0 Å². The Hall–Kier alpha value is -3.32. The van der Waals surface area contributed by atoms with Crippen LogP contribution >= 0.6 is 0 Å². The van der Waals surface area contributed by atoms with Crippen LogP contribution in [0.4, 0.5) is 22.0 Å². The quantitative estimate of drug-likeness (QED) is 0.545. The van der Waals surface area contributed by atoms with Crippen LogP contribution in [-0.4, -0.2) is 37.2 Å². The van der Waals surface area contributed by atoms with Gasteiger partial charge in [0.1, 0.15) is 5.82 Å². The molecule has 0 saturated heterocycles. The van der Waals surface area contributed by atoms with Crippen molar-refractivity contribution in [1.29, 1.82) is 0 Å². The Balaban J connectivity index is 1.48. The van der Waals surface area contributed by atoms with Crippen LogP contribution < -0.4 is 26.6 Å². The second-order valence-corrected chi connectivity index (χ2v) is 8.63. The summed E-state index contributed by atoms with van der Waals surface area (Å²) in [6, 6.07) is 18.0. The highest BCUT2D eigenvalue weighted by atomic mass is 16.2. The van der Waals surface area contributed by atoms with E-state index in [2.05, 4.69) is 22.3 Å². The molecule has 0 radical (unpaired) electrons. The number of aromatic nitrogens is 1. The number of hydrogen-bond acceptors (Lipinski definition) is 5. The monoisotopic (exact) mass is 432 g/mol. The smallest absolute Gasteiger partial charge is 0.319 e. The summed E-state index contributed by atoms with van der Waals surface area (Å²) in [6.07, 6.45) is 3.61. The van der Waals surface area contributed by atoms with Crippen LogP contribution in [-0.2, 0) is 6.54 Å². The van der Waals surface area contributed by atoms with Gasteiger partial charge in [0.25, 0.3) is 0 Å². The van der Waals surface area contributed by atoms with Crippen molar-refractivity contribution >= 4 is 34.1 Å². The molecule has 1 aromatic heterocycles. The summed E-state index contributed by atoms with van der Waals surface area (Å²) in [4.78, 5) is 21.0. The number of benzene rings is 2. The summed E-state index contributed by atoms with van der Waals surface area (Å²) in [5, 5.41) is 4.77. The number of amides is 2. The van der Waals surface area contributed by atoms with Crippen molar-refractivity contribution < 1.29 is 4.79 Å². The number of fused-ring (bicyclic) bond motifs is 1. The van der Waals surface area contributed by atoms with Crippen molar-refractivity contribution in [2.75, 3.05) is 29.2 Å². The van der Waals surface area contributed by atoms with E-state index in [-0.39, 0.29) is 6.04 Å². The molecule has 1 fully saturated rings. The van der Waals surface area contributed by atoms with Gasteiger partial charge in [0, 0.05) is 49.9 Å². The molecule has 0 spiro atoms. The van der Waals surface area contributed by atoms with Crippen molar-refractivity contribution in [3.63, 3.8) is 0 Å². The third kappa shape index (κ3) is 4.48. The van der Waals surface area contributed by atoms with Crippen molar-refractivity contribution in [2.45, 2.75) is 44.3 Å². The van der Waals surface area contributed by atoms with Crippen LogP contribution in [0.1, 0.15) is 31.2 Å². The zero-order valence-electron chi connectivity index (χ0n) is 18.8. The molecule has 2 amide bonds. The average molecular weight is 433 g/mol. The highest BCUT2D eigenvalue weighted by molar-refractivity contribution is 5.93. The summed E-state index contributed by atoms with van der Waals surface area (Å²) < 4.78 is 0. The Labute approximate surface area is 189 Å². The largest absolute Gasteiger partial charge is 0.377 e. The SMILES string of the molecule is CN(C)c1cc(N[C@H]2CC[C@@H](N(C(N)=O)c3ccccc3CN)CC2)nc2ccccc12. The van der Waals surface area contributed by atoms with Crippen molar-refractivity contribution in [1.82, 2.24) is 4.98 Å². The molecule has 0 atom stereocenters. The van der Waals surface area contributed by atoms with Gasteiger partial charge in [-0.05, 0) is 43.4 Å². The first-order chi connectivity index (χ1) is 15.5. The standard InChI is InChI=1S/C25H32N6O/c1-30(2)23-15-24(29-21-9-5-4-8-20(21)23)28-18-11-13-19(14-12-18)31(25(27)32)22-10-6-3-7-17(22)16-26/h3-10,15,18-19H,11-14,16,26H2,1-2H3,(H2,27,32)(H,28,29)/t18-,19+. The molecule has 0 unspecified atom stereocenters. The zero-order chi connectivity index (χ0) is 22.7. The summed E-state index contributed by atoms with van der Waals surface area (Å²) in [7, 11) is 4.10. The molecule has 1 aliphatic carbocycles. The maximum Gasteiger partial charge on any atom is 0.319 e. The van der Waals surface area contributed by atoms with E-state index in [9.17, 15) is 4.79 Å². The fourth-order valence-electron chi connectivity index (χ4n) is 4.70. The van der Waals surface area contributed by atoms with E-state index in [4.69, 9.17) is 16.5 Å². The molecule has 168 valence electrons. The number of hydrogen-bond donors (Lipinski definition) is 3. The van der Waals surface area contributed by atoms with Gasteiger partial charge in [0.05, 0.1) is 11.2 Å². The molecule has 3 aromatic rings. The molecule has 7 heteroatoms. The van der Waals surface area contributed by atoms with Crippen LogP contribution in [0.15, 0.2) is 54.6 Å². The zero-order valence-corrected chi connectivity index (χ0v) is 18.8. The van der Waals surface area contributed by atoms with Crippen LogP contribution in [0.25, 0.3) is 10.9 Å². The maximum absolute atomic E-state index is 12.3. The molecule has 1 aliphatic rings. The molecule has 7 nitrogen and oxygen atoms in total. The Bertz CT molecular complexity index is 1090. The Morgan fingerprint density at radius 2 is 1.72 bits per heavy atom. The van der Waals surface area contributed by atoms with Gasteiger partial charge in [0.15, 0.2) is 0 Å². The van der Waals surface area contributed by atoms with E-state index < -0.39 is 6.03 Å². The number of primary amides is 1. The number of anilines is 3. The topological polar surface area (TPSA) is 101 Å². The first kappa shape index (κ1) is 21.9.